The molecular formula is C18H13BrFN3O2. The van der Waals surface area contributed by atoms with Crippen molar-refractivity contribution < 1.29 is 9.18 Å². The molecule has 7 heteroatoms. The van der Waals surface area contributed by atoms with Gasteiger partial charge in [0.05, 0.1) is 5.69 Å². The average molecular weight is 402 g/mol. The van der Waals surface area contributed by atoms with E-state index in [0.717, 1.165) is 9.15 Å². The average Bonchev–Trinajstić information content (AvgIpc) is 2.60. The van der Waals surface area contributed by atoms with E-state index < -0.39 is 5.56 Å². The van der Waals surface area contributed by atoms with Gasteiger partial charge in [-0.15, -0.1) is 0 Å². The largest absolute Gasteiger partial charge is 0.324 e. The molecule has 1 aromatic heterocycles. The third kappa shape index (κ3) is 4.39. The van der Waals surface area contributed by atoms with Crippen molar-refractivity contribution in [2.75, 3.05) is 5.32 Å². The molecule has 0 aliphatic heterocycles. The van der Waals surface area contributed by atoms with Crippen LogP contribution in [0.15, 0.2) is 69.9 Å². The summed E-state index contributed by atoms with van der Waals surface area (Å²) in [6.07, 6.45) is 0. The van der Waals surface area contributed by atoms with Gasteiger partial charge in [-0.3, -0.25) is 9.59 Å². The number of nitrogens with zero attached hydrogens (tertiary/aromatic N) is 2. The van der Waals surface area contributed by atoms with Crippen molar-refractivity contribution in [1.29, 1.82) is 0 Å². The van der Waals surface area contributed by atoms with Gasteiger partial charge in [0.15, 0.2) is 0 Å². The maximum atomic E-state index is 13.0. The quantitative estimate of drug-likeness (QED) is 0.727. The van der Waals surface area contributed by atoms with Crippen LogP contribution in [0.25, 0.3) is 11.3 Å². The zero-order chi connectivity index (χ0) is 17.8. The summed E-state index contributed by atoms with van der Waals surface area (Å²) in [5, 5.41) is 6.88. The summed E-state index contributed by atoms with van der Waals surface area (Å²) in [7, 11) is 0. The normalized spacial score (nSPS) is 10.5. The SMILES string of the molecule is O=C(Cn1nc(-c2ccc(F)cc2)ccc1=O)Nc1ccc(Br)cc1. The maximum Gasteiger partial charge on any atom is 0.267 e. The molecule has 0 fully saturated rings. The van der Waals surface area contributed by atoms with Gasteiger partial charge in [0.25, 0.3) is 5.56 Å². The Morgan fingerprint density at radius 2 is 1.72 bits per heavy atom. The number of rotatable bonds is 4. The van der Waals surface area contributed by atoms with E-state index in [9.17, 15) is 14.0 Å². The number of anilines is 1. The van der Waals surface area contributed by atoms with E-state index in [-0.39, 0.29) is 18.3 Å². The van der Waals surface area contributed by atoms with E-state index in [2.05, 4.69) is 26.3 Å². The summed E-state index contributed by atoms with van der Waals surface area (Å²) in [6, 6.07) is 15.7. The minimum Gasteiger partial charge on any atom is -0.324 e. The van der Waals surface area contributed by atoms with Crippen LogP contribution in [-0.2, 0) is 11.3 Å². The first-order valence-electron chi connectivity index (χ1n) is 7.41. The molecule has 0 aliphatic carbocycles. The Hall–Kier alpha value is -2.80. The van der Waals surface area contributed by atoms with Crippen LogP contribution < -0.4 is 10.9 Å². The number of amides is 1. The van der Waals surface area contributed by atoms with E-state index in [1.807, 2.05) is 0 Å². The Labute approximate surface area is 151 Å². The van der Waals surface area contributed by atoms with Gasteiger partial charge in [-0.05, 0) is 54.6 Å². The number of benzene rings is 2. The van der Waals surface area contributed by atoms with Gasteiger partial charge in [0.1, 0.15) is 12.4 Å². The molecule has 3 rings (SSSR count). The second-order valence-corrected chi connectivity index (χ2v) is 6.19. The van der Waals surface area contributed by atoms with Crippen LogP contribution in [-0.4, -0.2) is 15.7 Å². The van der Waals surface area contributed by atoms with Crippen LogP contribution in [0.5, 0.6) is 0 Å². The fraction of sp³-hybridized carbons (Fsp3) is 0.0556. The Kier molecular flexibility index (Phi) is 5.04. The Morgan fingerprint density at radius 1 is 1.04 bits per heavy atom. The van der Waals surface area contributed by atoms with Gasteiger partial charge in [-0.1, -0.05) is 15.9 Å². The van der Waals surface area contributed by atoms with E-state index in [1.165, 1.54) is 18.2 Å². The van der Waals surface area contributed by atoms with Gasteiger partial charge in [-0.2, -0.15) is 5.10 Å². The van der Waals surface area contributed by atoms with Crippen molar-refractivity contribution in [2.45, 2.75) is 6.54 Å². The molecule has 0 aliphatic rings. The van der Waals surface area contributed by atoms with Crippen LogP contribution in [0.2, 0.25) is 0 Å². The predicted molar refractivity (Wildman–Crippen MR) is 96.7 cm³/mol. The van der Waals surface area contributed by atoms with Crippen molar-refractivity contribution in [3.8, 4) is 11.3 Å². The minimum atomic E-state index is -0.392. The lowest BCUT2D eigenvalue weighted by atomic mass is 10.1. The molecule has 0 bridgehead atoms. The van der Waals surface area contributed by atoms with Crippen molar-refractivity contribution in [3.63, 3.8) is 0 Å². The lowest BCUT2D eigenvalue weighted by Crippen LogP contribution is -2.29. The monoisotopic (exact) mass is 401 g/mol. The topological polar surface area (TPSA) is 64.0 Å². The number of hydrogen-bond donors (Lipinski definition) is 1. The number of carbonyl (C=O) groups is 1. The van der Waals surface area contributed by atoms with Gasteiger partial charge >= 0.3 is 0 Å². The molecule has 0 atom stereocenters. The fourth-order valence-corrected chi connectivity index (χ4v) is 2.47. The molecule has 0 saturated heterocycles. The van der Waals surface area contributed by atoms with Crippen molar-refractivity contribution in [3.05, 3.63) is 81.3 Å². The van der Waals surface area contributed by atoms with Crippen molar-refractivity contribution >= 4 is 27.5 Å². The molecule has 1 heterocycles. The second-order valence-electron chi connectivity index (χ2n) is 5.28. The minimum absolute atomic E-state index is 0.218. The van der Waals surface area contributed by atoms with Crippen LogP contribution in [0, 0.1) is 5.82 Å². The third-order valence-corrected chi connectivity index (χ3v) is 3.96. The number of halogens is 2. The van der Waals surface area contributed by atoms with E-state index >= 15 is 0 Å². The number of nitrogens with one attached hydrogen (secondary N) is 1. The first-order valence-corrected chi connectivity index (χ1v) is 8.20. The van der Waals surface area contributed by atoms with Gasteiger partial charge < -0.3 is 5.32 Å². The summed E-state index contributed by atoms with van der Waals surface area (Å²) in [5.74, 6) is -0.723. The molecule has 5 nitrogen and oxygen atoms in total. The molecule has 1 N–H and O–H groups in total. The Morgan fingerprint density at radius 3 is 2.40 bits per heavy atom. The molecule has 0 saturated carbocycles. The molecule has 0 unspecified atom stereocenters. The number of hydrogen-bond acceptors (Lipinski definition) is 3. The lowest BCUT2D eigenvalue weighted by Gasteiger charge is -2.08. The molecule has 126 valence electrons. The van der Waals surface area contributed by atoms with Gasteiger partial charge in [-0.25, -0.2) is 9.07 Å². The number of aromatic nitrogens is 2. The maximum absolute atomic E-state index is 13.0. The summed E-state index contributed by atoms with van der Waals surface area (Å²) in [4.78, 5) is 24.1. The van der Waals surface area contributed by atoms with E-state index in [4.69, 9.17) is 0 Å². The summed E-state index contributed by atoms with van der Waals surface area (Å²) in [6.45, 7) is -0.218. The van der Waals surface area contributed by atoms with E-state index in [0.29, 0.717) is 16.9 Å². The summed E-state index contributed by atoms with van der Waals surface area (Å²) in [5.41, 5.74) is 1.37. The molecule has 0 spiro atoms. The summed E-state index contributed by atoms with van der Waals surface area (Å²) >= 11 is 3.32. The standard InChI is InChI=1S/C18H13BrFN3O2/c19-13-3-7-15(8-4-13)21-17(24)11-23-18(25)10-9-16(22-23)12-1-5-14(20)6-2-12/h1-10H,11H2,(H,21,24). The molecule has 1 amide bonds. The van der Waals surface area contributed by atoms with Crippen molar-refractivity contribution in [1.82, 2.24) is 9.78 Å². The van der Waals surface area contributed by atoms with Crippen LogP contribution in [0.3, 0.4) is 0 Å². The Balaban J connectivity index is 1.78. The Bertz CT molecular complexity index is 953. The van der Waals surface area contributed by atoms with Crippen LogP contribution in [0.4, 0.5) is 10.1 Å². The number of carbonyl (C=O) groups excluding carboxylic acids is 1. The van der Waals surface area contributed by atoms with Crippen LogP contribution >= 0.6 is 15.9 Å². The third-order valence-electron chi connectivity index (χ3n) is 3.43. The summed E-state index contributed by atoms with van der Waals surface area (Å²) < 4.78 is 15.0. The fourth-order valence-electron chi connectivity index (χ4n) is 2.21. The second kappa shape index (κ2) is 7.40. The molecule has 2 aromatic carbocycles. The predicted octanol–water partition coefficient (Wildman–Crippen LogP) is 3.45. The van der Waals surface area contributed by atoms with Gasteiger partial charge in [0.2, 0.25) is 5.91 Å². The highest BCUT2D eigenvalue weighted by atomic mass is 79.9. The van der Waals surface area contributed by atoms with E-state index in [1.54, 1.807) is 42.5 Å². The lowest BCUT2D eigenvalue weighted by molar-refractivity contribution is -0.117. The zero-order valence-corrected chi connectivity index (χ0v) is 14.5. The van der Waals surface area contributed by atoms with Gasteiger partial charge in [0, 0.05) is 21.8 Å². The first-order chi connectivity index (χ1) is 12.0. The highest BCUT2D eigenvalue weighted by Crippen LogP contribution is 2.16. The molecule has 3 aromatic rings. The highest BCUT2D eigenvalue weighted by molar-refractivity contribution is 9.10. The highest BCUT2D eigenvalue weighted by Gasteiger charge is 2.08. The smallest absolute Gasteiger partial charge is 0.267 e. The molecule has 25 heavy (non-hydrogen) atoms. The zero-order valence-electron chi connectivity index (χ0n) is 12.9. The molecular weight excluding hydrogens is 389 g/mol. The first kappa shape index (κ1) is 17.0. The molecule has 0 radical (unpaired) electrons. The van der Waals surface area contributed by atoms with Crippen molar-refractivity contribution in [2.24, 2.45) is 0 Å². The van der Waals surface area contributed by atoms with Crippen LogP contribution in [0.1, 0.15) is 0 Å².